The third-order valence-electron chi connectivity index (χ3n) is 5.53. The van der Waals surface area contributed by atoms with Gasteiger partial charge in [0.1, 0.15) is 12.4 Å². The first-order valence-electron chi connectivity index (χ1n) is 9.02. The number of rotatable bonds is 5. The fourth-order valence-corrected chi connectivity index (χ4v) is 4.24. The Hall–Kier alpha value is -2.81. The summed E-state index contributed by atoms with van der Waals surface area (Å²) < 4.78 is 6.04. The summed E-state index contributed by atoms with van der Waals surface area (Å²) in [6.07, 6.45) is 6.22. The van der Waals surface area contributed by atoms with Crippen LogP contribution >= 0.6 is 0 Å². The normalized spacial score (nSPS) is 21.0. The number of nitrogens with zero attached hydrogens (tertiary/aromatic N) is 1. The molecule has 1 saturated heterocycles. The summed E-state index contributed by atoms with van der Waals surface area (Å²) >= 11 is 0. The molecule has 0 radical (unpaired) electrons. The fraction of sp³-hybridized carbons (Fsp3) is 0.261. The molecule has 26 heavy (non-hydrogen) atoms. The quantitative estimate of drug-likeness (QED) is 0.753. The Morgan fingerprint density at radius 1 is 1.23 bits per heavy atom. The zero-order valence-corrected chi connectivity index (χ0v) is 15.1. The van der Waals surface area contributed by atoms with Crippen molar-refractivity contribution >= 4 is 5.91 Å². The molecule has 2 aliphatic rings. The standard InChI is InChI=1S/C23H23NO2/c1-3-13-23-15-22(25)24(2)21(23)12-10-18-9-11-19(14-20(18)23)26-16-17-7-5-4-6-8-17/h3-9,11-12,14H,1,10,13,15-16H2,2H3. The lowest BCUT2D eigenvalue weighted by atomic mass is 9.69. The van der Waals surface area contributed by atoms with Crippen LogP contribution in [0.4, 0.5) is 0 Å². The van der Waals surface area contributed by atoms with Crippen LogP contribution in [0.5, 0.6) is 5.75 Å². The molecule has 1 heterocycles. The molecule has 0 spiro atoms. The summed E-state index contributed by atoms with van der Waals surface area (Å²) in [5, 5.41) is 0. The van der Waals surface area contributed by atoms with Gasteiger partial charge >= 0.3 is 0 Å². The highest BCUT2D eigenvalue weighted by Gasteiger charge is 2.49. The minimum absolute atomic E-state index is 0.168. The van der Waals surface area contributed by atoms with Crippen LogP contribution in [-0.2, 0) is 23.2 Å². The van der Waals surface area contributed by atoms with E-state index in [1.807, 2.05) is 42.3 Å². The number of hydrogen-bond donors (Lipinski definition) is 0. The van der Waals surface area contributed by atoms with Gasteiger partial charge in [0.15, 0.2) is 0 Å². The second-order valence-corrected chi connectivity index (χ2v) is 7.09. The predicted molar refractivity (Wildman–Crippen MR) is 103 cm³/mol. The minimum atomic E-state index is -0.298. The number of likely N-dealkylation sites (N-methyl/N-ethyl adjacent to an activating group) is 1. The van der Waals surface area contributed by atoms with Gasteiger partial charge in [0, 0.05) is 24.6 Å². The molecule has 1 aliphatic carbocycles. The second kappa shape index (κ2) is 6.49. The van der Waals surface area contributed by atoms with E-state index in [-0.39, 0.29) is 11.3 Å². The van der Waals surface area contributed by atoms with Gasteiger partial charge in [-0.05, 0) is 41.7 Å². The molecule has 1 unspecified atom stereocenters. The minimum Gasteiger partial charge on any atom is -0.489 e. The second-order valence-electron chi connectivity index (χ2n) is 7.09. The Labute approximate surface area is 154 Å². The number of carbonyl (C=O) groups excluding carboxylic acids is 1. The maximum atomic E-state index is 12.4. The lowest BCUT2D eigenvalue weighted by Crippen LogP contribution is -2.31. The van der Waals surface area contributed by atoms with Crippen LogP contribution in [0.2, 0.25) is 0 Å². The molecule has 1 fully saturated rings. The summed E-state index contributed by atoms with van der Waals surface area (Å²) in [6.45, 7) is 4.48. The molecule has 2 aromatic carbocycles. The average Bonchev–Trinajstić information content (AvgIpc) is 2.92. The zero-order chi connectivity index (χ0) is 18.1. The van der Waals surface area contributed by atoms with Gasteiger partial charge in [0.2, 0.25) is 5.91 Å². The van der Waals surface area contributed by atoms with Crippen LogP contribution in [0, 0.1) is 0 Å². The van der Waals surface area contributed by atoms with E-state index in [1.165, 1.54) is 11.1 Å². The van der Waals surface area contributed by atoms with Crippen LogP contribution in [0.1, 0.15) is 29.5 Å². The SMILES string of the molecule is C=CCC12CC(=O)N(C)C1=CCc1ccc(OCc3ccccc3)cc12. The number of benzene rings is 2. The monoisotopic (exact) mass is 345 g/mol. The van der Waals surface area contributed by atoms with E-state index >= 15 is 0 Å². The summed E-state index contributed by atoms with van der Waals surface area (Å²) in [6, 6.07) is 16.4. The van der Waals surface area contributed by atoms with Gasteiger partial charge in [0.05, 0.1) is 0 Å². The van der Waals surface area contributed by atoms with Crippen LogP contribution in [0.15, 0.2) is 73.0 Å². The third-order valence-corrected chi connectivity index (χ3v) is 5.53. The lowest BCUT2D eigenvalue weighted by molar-refractivity contribution is -0.125. The number of fused-ring (bicyclic) bond motifs is 3. The van der Waals surface area contributed by atoms with E-state index in [0.717, 1.165) is 29.9 Å². The summed E-state index contributed by atoms with van der Waals surface area (Å²) in [4.78, 5) is 14.3. The van der Waals surface area contributed by atoms with E-state index in [9.17, 15) is 4.79 Å². The van der Waals surface area contributed by atoms with Crippen molar-refractivity contribution in [2.75, 3.05) is 7.05 Å². The van der Waals surface area contributed by atoms with Crippen molar-refractivity contribution in [3.63, 3.8) is 0 Å². The van der Waals surface area contributed by atoms with Gasteiger partial charge in [-0.25, -0.2) is 0 Å². The van der Waals surface area contributed by atoms with Crippen LogP contribution in [-0.4, -0.2) is 17.9 Å². The van der Waals surface area contributed by atoms with E-state index in [1.54, 1.807) is 0 Å². The third kappa shape index (κ3) is 2.64. The molecular formula is C23H23NO2. The molecule has 3 nitrogen and oxygen atoms in total. The van der Waals surface area contributed by atoms with Gasteiger partial charge in [-0.15, -0.1) is 6.58 Å². The van der Waals surface area contributed by atoms with Crippen molar-refractivity contribution in [1.29, 1.82) is 0 Å². The first kappa shape index (κ1) is 16.6. The van der Waals surface area contributed by atoms with Crippen molar-refractivity contribution in [1.82, 2.24) is 4.90 Å². The van der Waals surface area contributed by atoms with Gasteiger partial charge in [0.25, 0.3) is 0 Å². The topological polar surface area (TPSA) is 29.5 Å². The van der Waals surface area contributed by atoms with Crippen molar-refractivity contribution in [2.45, 2.75) is 31.3 Å². The van der Waals surface area contributed by atoms with Crippen molar-refractivity contribution < 1.29 is 9.53 Å². The van der Waals surface area contributed by atoms with Gasteiger partial charge < -0.3 is 9.64 Å². The first-order chi connectivity index (χ1) is 12.6. The molecule has 0 bridgehead atoms. The highest BCUT2D eigenvalue weighted by Crippen LogP contribution is 2.50. The molecule has 1 atom stereocenters. The maximum Gasteiger partial charge on any atom is 0.227 e. The number of carbonyl (C=O) groups is 1. The fourth-order valence-electron chi connectivity index (χ4n) is 4.24. The molecule has 1 amide bonds. The molecule has 0 N–H and O–H groups in total. The summed E-state index contributed by atoms with van der Waals surface area (Å²) in [7, 11) is 1.87. The van der Waals surface area contributed by atoms with Gasteiger partial charge in [-0.1, -0.05) is 48.6 Å². The maximum absolute atomic E-state index is 12.4. The smallest absolute Gasteiger partial charge is 0.227 e. The Balaban J connectivity index is 1.68. The predicted octanol–water partition coefficient (Wildman–Crippen LogP) is 4.38. The number of hydrogen-bond acceptors (Lipinski definition) is 2. The molecule has 2 aromatic rings. The van der Waals surface area contributed by atoms with E-state index in [0.29, 0.717) is 13.0 Å². The molecule has 4 rings (SSSR count). The number of likely N-dealkylation sites (tertiary alicyclic amines) is 1. The first-order valence-corrected chi connectivity index (χ1v) is 9.02. The largest absolute Gasteiger partial charge is 0.489 e. The Morgan fingerprint density at radius 2 is 2.04 bits per heavy atom. The summed E-state index contributed by atoms with van der Waals surface area (Å²) in [5.74, 6) is 1.01. The van der Waals surface area contributed by atoms with Crippen LogP contribution in [0.25, 0.3) is 0 Å². The van der Waals surface area contributed by atoms with Crippen LogP contribution < -0.4 is 4.74 Å². The van der Waals surface area contributed by atoms with Crippen molar-refractivity contribution in [3.05, 3.63) is 89.6 Å². The Bertz CT molecular complexity index is 884. The Kier molecular flexibility index (Phi) is 4.15. The molecule has 0 aromatic heterocycles. The molecule has 132 valence electrons. The highest BCUT2D eigenvalue weighted by molar-refractivity contribution is 5.85. The highest BCUT2D eigenvalue weighted by atomic mass is 16.5. The number of ether oxygens (including phenoxy) is 1. The molecule has 3 heteroatoms. The molecular weight excluding hydrogens is 322 g/mol. The lowest BCUT2D eigenvalue weighted by Gasteiger charge is -2.35. The molecule has 1 aliphatic heterocycles. The van der Waals surface area contributed by atoms with Crippen molar-refractivity contribution in [3.8, 4) is 5.75 Å². The van der Waals surface area contributed by atoms with Crippen molar-refractivity contribution in [2.24, 2.45) is 0 Å². The average molecular weight is 345 g/mol. The zero-order valence-electron chi connectivity index (χ0n) is 15.1. The number of amides is 1. The van der Waals surface area contributed by atoms with Gasteiger partial charge in [-0.3, -0.25) is 4.79 Å². The summed E-state index contributed by atoms with van der Waals surface area (Å²) in [5.41, 5.74) is 4.43. The van der Waals surface area contributed by atoms with Gasteiger partial charge in [-0.2, -0.15) is 0 Å². The molecule has 0 saturated carbocycles. The van der Waals surface area contributed by atoms with Crippen LogP contribution in [0.3, 0.4) is 0 Å². The van der Waals surface area contributed by atoms with E-state index in [2.05, 4.69) is 36.9 Å². The van der Waals surface area contributed by atoms with E-state index < -0.39 is 0 Å². The number of allylic oxidation sites excluding steroid dienone is 3. The van der Waals surface area contributed by atoms with E-state index in [4.69, 9.17) is 4.74 Å². The Morgan fingerprint density at radius 3 is 2.81 bits per heavy atom.